The molecular weight excluding hydrogens is 160 g/mol. The van der Waals surface area contributed by atoms with Crippen molar-refractivity contribution in [3.63, 3.8) is 0 Å². The van der Waals surface area contributed by atoms with Gasteiger partial charge in [0.1, 0.15) is 5.82 Å². The third-order valence-electron chi connectivity index (χ3n) is 2.35. The molecule has 0 fully saturated rings. The number of imidazole rings is 1. The van der Waals surface area contributed by atoms with Crippen LogP contribution in [0, 0.1) is 0 Å². The van der Waals surface area contributed by atoms with E-state index in [-0.39, 0.29) is 0 Å². The van der Waals surface area contributed by atoms with Crippen molar-refractivity contribution < 1.29 is 0 Å². The van der Waals surface area contributed by atoms with E-state index in [2.05, 4.69) is 41.6 Å². The molecule has 0 saturated heterocycles. The Hall–Kier alpha value is -1.31. The first kappa shape index (κ1) is 8.30. The minimum atomic E-state index is 0.991. The molecule has 0 spiro atoms. The van der Waals surface area contributed by atoms with Crippen molar-refractivity contribution in [2.75, 3.05) is 0 Å². The van der Waals surface area contributed by atoms with Crippen molar-refractivity contribution >= 4 is 5.52 Å². The third kappa shape index (κ3) is 1.22. The van der Waals surface area contributed by atoms with E-state index < -0.39 is 0 Å². The number of hydrogen-bond acceptors (Lipinski definition) is 1. The highest BCUT2D eigenvalue weighted by molar-refractivity contribution is 5.53. The van der Waals surface area contributed by atoms with Gasteiger partial charge in [-0.05, 0) is 18.6 Å². The molecule has 0 bridgehead atoms. The number of aryl methyl sites for hydroxylation is 2. The highest BCUT2D eigenvalue weighted by Gasteiger charge is 2.05. The molecule has 0 unspecified atom stereocenters. The largest absolute Gasteiger partial charge is 0.303 e. The fourth-order valence-electron chi connectivity index (χ4n) is 1.68. The summed E-state index contributed by atoms with van der Waals surface area (Å²) in [6, 6.07) is 6.24. The smallest absolute Gasteiger partial charge is 0.113 e. The Morgan fingerprint density at radius 2 is 2.08 bits per heavy atom. The molecule has 0 amide bonds. The van der Waals surface area contributed by atoms with Gasteiger partial charge in [0, 0.05) is 12.6 Å². The average Bonchev–Trinajstić information content (AvgIpc) is 2.56. The molecule has 13 heavy (non-hydrogen) atoms. The van der Waals surface area contributed by atoms with Gasteiger partial charge in [0.15, 0.2) is 0 Å². The molecule has 0 aliphatic carbocycles. The Bertz CT molecular complexity index is 377. The number of nitrogens with zero attached hydrogens (tertiary/aromatic N) is 2. The summed E-state index contributed by atoms with van der Waals surface area (Å²) in [7, 11) is 0. The fourth-order valence-corrected chi connectivity index (χ4v) is 1.68. The zero-order chi connectivity index (χ0) is 9.26. The lowest BCUT2D eigenvalue weighted by Crippen LogP contribution is -1.90. The van der Waals surface area contributed by atoms with Gasteiger partial charge in [-0.1, -0.05) is 19.9 Å². The van der Waals surface area contributed by atoms with Crippen LogP contribution < -0.4 is 0 Å². The fraction of sp³-hybridized carbons (Fsp3) is 0.364. The summed E-state index contributed by atoms with van der Waals surface area (Å²) < 4.78 is 2.18. The van der Waals surface area contributed by atoms with Crippen LogP contribution in [0.3, 0.4) is 0 Å². The molecule has 0 N–H and O–H groups in total. The summed E-state index contributed by atoms with van der Waals surface area (Å²) in [4.78, 5) is 4.59. The van der Waals surface area contributed by atoms with E-state index in [4.69, 9.17) is 0 Å². The molecule has 2 aromatic rings. The maximum absolute atomic E-state index is 4.59. The number of rotatable bonds is 2. The van der Waals surface area contributed by atoms with Gasteiger partial charge in [0.05, 0.1) is 11.2 Å². The van der Waals surface area contributed by atoms with Crippen LogP contribution in [-0.2, 0) is 12.8 Å². The second-order valence-electron chi connectivity index (χ2n) is 3.14. The van der Waals surface area contributed by atoms with Gasteiger partial charge in [-0.2, -0.15) is 0 Å². The normalized spacial score (nSPS) is 10.9. The van der Waals surface area contributed by atoms with E-state index in [1.807, 2.05) is 6.07 Å². The molecule has 0 radical (unpaired) electrons. The molecule has 0 aromatic carbocycles. The lowest BCUT2D eigenvalue weighted by molar-refractivity contribution is 0.920. The van der Waals surface area contributed by atoms with Gasteiger partial charge < -0.3 is 4.40 Å². The van der Waals surface area contributed by atoms with Gasteiger partial charge in [0.25, 0.3) is 0 Å². The van der Waals surface area contributed by atoms with Crippen LogP contribution in [-0.4, -0.2) is 9.38 Å². The van der Waals surface area contributed by atoms with Gasteiger partial charge in [0.2, 0.25) is 0 Å². The number of fused-ring (bicyclic) bond motifs is 1. The van der Waals surface area contributed by atoms with Crippen LogP contribution in [0.25, 0.3) is 5.52 Å². The molecular formula is C11H14N2. The minimum absolute atomic E-state index is 0.991. The Morgan fingerprint density at radius 1 is 1.23 bits per heavy atom. The zero-order valence-corrected chi connectivity index (χ0v) is 8.12. The summed E-state index contributed by atoms with van der Waals surface area (Å²) in [5.41, 5.74) is 2.46. The van der Waals surface area contributed by atoms with Gasteiger partial charge in [-0.15, -0.1) is 0 Å². The van der Waals surface area contributed by atoms with Crippen molar-refractivity contribution in [1.29, 1.82) is 0 Å². The third-order valence-corrected chi connectivity index (χ3v) is 2.35. The van der Waals surface area contributed by atoms with Gasteiger partial charge >= 0.3 is 0 Å². The second kappa shape index (κ2) is 3.21. The lowest BCUT2D eigenvalue weighted by Gasteiger charge is -1.95. The Labute approximate surface area is 78.2 Å². The van der Waals surface area contributed by atoms with Crippen LogP contribution in [0.4, 0.5) is 0 Å². The van der Waals surface area contributed by atoms with Crippen molar-refractivity contribution in [3.8, 4) is 0 Å². The summed E-state index contributed by atoms with van der Waals surface area (Å²) in [6.07, 6.45) is 4.08. The monoisotopic (exact) mass is 174 g/mol. The van der Waals surface area contributed by atoms with Crippen molar-refractivity contribution in [2.45, 2.75) is 26.7 Å². The van der Waals surface area contributed by atoms with E-state index in [0.717, 1.165) is 18.7 Å². The minimum Gasteiger partial charge on any atom is -0.303 e. The predicted octanol–water partition coefficient (Wildman–Crippen LogP) is 2.46. The lowest BCUT2D eigenvalue weighted by atomic mass is 10.3. The molecule has 2 aromatic heterocycles. The second-order valence-corrected chi connectivity index (χ2v) is 3.14. The van der Waals surface area contributed by atoms with E-state index in [1.54, 1.807) is 0 Å². The molecule has 0 aliphatic heterocycles. The number of hydrogen-bond donors (Lipinski definition) is 0. The van der Waals surface area contributed by atoms with Crippen LogP contribution in [0.15, 0.2) is 24.4 Å². The number of aromatic nitrogens is 2. The highest BCUT2D eigenvalue weighted by Crippen LogP contribution is 2.13. The molecule has 2 heteroatoms. The molecule has 0 aliphatic rings. The van der Waals surface area contributed by atoms with E-state index in [1.165, 1.54) is 11.2 Å². The Balaban J connectivity index is 2.74. The summed E-state index contributed by atoms with van der Waals surface area (Å²) >= 11 is 0. The first-order valence-electron chi connectivity index (χ1n) is 4.81. The molecule has 68 valence electrons. The van der Waals surface area contributed by atoms with E-state index >= 15 is 0 Å². The molecule has 2 nitrogen and oxygen atoms in total. The maximum Gasteiger partial charge on any atom is 0.113 e. The maximum atomic E-state index is 4.59. The molecule has 2 rings (SSSR count). The zero-order valence-electron chi connectivity index (χ0n) is 8.12. The Kier molecular flexibility index (Phi) is 2.05. The van der Waals surface area contributed by atoms with Crippen molar-refractivity contribution in [1.82, 2.24) is 9.38 Å². The highest BCUT2D eigenvalue weighted by atomic mass is 15.0. The van der Waals surface area contributed by atoms with Crippen molar-refractivity contribution in [3.05, 3.63) is 35.9 Å². The van der Waals surface area contributed by atoms with Crippen LogP contribution in [0.5, 0.6) is 0 Å². The van der Waals surface area contributed by atoms with Crippen LogP contribution in [0.1, 0.15) is 25.4 Å². The standard InChI is InChI=1S/C11H14N2/c1-3-9-10-7-5-6-8-13(10)11(4-2)12-9/h5-8H,3-4H2,1-2H3. The van der Waals surface area contributed by atoms with Gasteiger partial charge in [-0.3, -0.25) is 0 Å². The first-order valence-corrected chi connectivity index (χ1v) is 4.81. The summed E-state index contributed by atoms with van der Waals surface area (Å²) in [6.45, 7) is 4.29. The number of pyridine rings is 1. The summed E-state index contributed by atoms with van der Waals surface area (Å²) in [5.74, 6) is 1.16. The van der Waals surface area contributed by atoms with E-state index in [9.17, 15) is 0 Å². The van der Waals surface area contributed by atoms with Crippen LogP contribution in [0.2, 0.25) is 0 Å². The Morgan fingerprint density at radius 3 is 2.77 bits per heavy atom. The van der Waals surface area contributed by atoms with Crippen LogP contribution >= 0.6 is 0 Å². The molecule has 0 saturated carbocycles. The van der Waals surface area contributed by atoms with Crippen molar-refractivity contribution in [2.24, 2.45) is 0 Å². The molecule has 0 atom stereocenters. The predicted molar refractivity (Wildman–Crippen MR) is 53.9 cm³/mol. The topological polar surface area (TPSA) is 17.3 Å². The average molecular weight is 174 g/mol. The van der Waals surface area contributed by atoms with E-state index in [0.29, 0.717) is 0 Å². The van der Waals surface area contributed by atoms with Gasteiger partial charge in [-0.25, -0.2) is 4.98 Å². The first-order chi connectivity index (χ1) is 6.36. The SMILES string of the molecule is CCc1nc(CC)n2ccccc12. The quantitative estimate of drug-likeness (QED) is 0.683. The summed E-state index contributed by atoms with van der Waals surface area (Å²) in [5, 5.41) is 0. The molecule has 2 heterocycles.